The van der Waals surface area contributed by atoms with Crippen molar-refractivity contribution in [3.8, 4) is 0 Å². The van der Waals surface area contributed by atoms with Crippen LogP contribution in [0.4, 0.5) is 0 Å². The van der Waals surface area contributed by atoms with Crippen LogP contribution < -0.4 is 5.32 Å². The topological polar surface area (TPSA) is 41.6 Å². The summed E-state index contributed by atoms with van der Waals surface area (Å²) in [6, 6.07) is 0.162. The predicted molar refractivity (Wildman–Crippen MR) is 64.2 cm³/mol. The van der Waals surface area contributed by atoms with Gasteiger partial charge in [0.1, 0.15) is 0 Å². The summed E-state index contributed by atoms with van der Waals surface area (Å²) in [5.41, 5.74) is 0.138. The van der Waals surface area contributed by atoms with Gasteiger partial charge in [-0.05, 0) is 12.5 Å². The van der Waals surface area contributed by atoms with E-state index in [2.05, 4.69) is 26.1 Å². The molecule has 2 atom stereocenters. The highest BCUT2D eigenvalue weighted by Crippen LogP contribution is 2.19. The molecule has 0 aromatic carbocycles. The molecule has 0 saturated carbocycles. The Morgan fingerprint density at radius 1 is 1.44 bits per heavy atom. The van der Waals surface area contributed by atoms with Crippen molar-refractivity contribution in [3.05, 3.63) is 0 Å². The summed E-state index contributed by atoms with van der Waals surface area (Å²) in [5.74, 6) is 0.157. The maximum Gasteiger partial charge on any atom is 0.229 e. The predicted octanol–water partition coefficient (Wildman–Crippen LogP) is 0.725. The highest BCUT2D eigenvalue weighted by Gasteiger charge is 2.35. The second-order valence-corrected chi connectivity index (χ2v) is 5.79. The van der Waals surface area contributed by atoms with Gasteiger partial charge in [-0.1, -0.05) is 20.8 Å². The van der Waals surface area contributed by atoms with Gasteiger partial charge in [-0.15, -0.1) is 0 Å². The number of hydrogen-bond donors (Lipinski definition) is 1. The first-order valence-corrected chi connectivity index (χ1v) is 5.85. The molecule has 1 rings (SSSR count). The quantitative estimate of drug-likeness (QED) is 0.774. The number of nitrogens with zero attached hydrogens (tertiary/aromatic N) is 1. The normalized spacial score (nSPS) is 25.8. The molecule has 94 valence electrons. The largest absolute Gasteiger partial charge is 0.379 e. The summed E-state index contributed by atoms with van der Waals surface area (Å²) in [4.78, 5) is 14.0. The van der Waals surface area contributed by atoms with Gasteiger partial charge >= 0.3 is 0 Å². The molecule has 1 aliphatic rings. The van der Waals surface area contributed by atoms with Crippen LogP contribution in [0.1, 0.15) is 20.8 Å². The first-order valence-electron chi connectivity index (χ1n) is 5.85. The van der Waals surface area contributed by atoms with E-state index >= 15 is 0 Å². The Labute approximate surface area is 98.3 Å². The van der Waals surface area contributed by atoms with Gasteiger partial charge in [0.25, 0.3) is 0 Å². The van der Waals surface area contributed by atoms with Crippen molar-refractivity contribution >= 4 is 5.91 Å². The molecule has 2 unspecified atom stereocenters. The summed E-state index contributed by atoms with van der Waals surface area (Å²) >= 11 is 0. The van der Waals surface area contributed by atoms with E-state index in [0.29, 0.717) is 13.2 Å². The average molecular weight is 228 g/mol. The third kappa shape index (κ3) is 3.46. The fourth-order valence-electron chi connectivity index (χ4n) is 2.15. The summed E-state index contributed by atoms with van der Waals surface area (Å²) in [5, 5.41) is 3.14. The van der Waals surface area contributed by atoms with Crippen LogP contribution in [0.15, 0.2) is 0 Å². The highest BCUT2D eigenvalue weighted by atomic mass is 16.5. The van der Waals surface area contributed by atoms with E-state index in [9.17, 15) is 4.79 Å². The molecular formula is C12H24N2O2. The summed E-state index contributed by atoms with van der Waals surface area (Å²) < 4.78 is 5.35. The van der Waals surface area contributed by atoms with Crippen LogP contribution in [0.25, 0.3) is 0 Å². The third-order valence-electron chi connectivity index (χ3n) is 2.86. The van der Waals surface area contributed by atoms with E-state index in [4.69, 9.17) is 4.74 Å². The maximum atomic E-state index is 12.2. The van der Waals surface area contributed by atoms with Gasteiger partial charge in [0.2, 0.25) is 5.91 Å². The molecule has 1 N–H and O–H groups in total. The van der Waals surface area contributed by atoms with E-state index in [0.717, 1.165) is 6.54 Å². The van der Waals surface area contributed by atoms with E-state index in [1.54, 1.807) is 0 Å². The smallest absolute Gasteiger partial charge is 0.229 e. The van der Waals surface area contributed by atoms with E-state index in [1.165, 1.54) is 0 Å². The number of hydrogen-bond acceptors (Lipinski definition) is 3. The molecule has 0 bridgehead atoms. The molecule has 1 amide bonds. The van der Waals surface area contributed by atoms with E-state index in [1.807, 2.05) is 19.0 Å². The van der Waals surface area contributed by atoms with E-state index in [-0.39, 0.29) is 23.3 Å². The first-order chi connectivity index (χ1) is 7.35. The lowest BCUT2D eigenvalue weighted by Crippen LogP contribution is -2.45. The Morgan fingerprint density at radius 2 is 2.06 bits per heavy atom. The molecule has 1 aliphatic heterocycles. The first kappa shape index (κ1) is 13.5. The molecule has 16 heavy (non-hydrogen) atoms. The maximum absolute atomic E-state index is 12.2. The van der Waals surface area contributed by atoms with Gasteiger partial charge in [-0.25, -0.2) is 0 Å². The standard InChI is InChI=1S/C12H24N2O2/c1-12(2,3)8-14(5)11(15)9-6-16-7-10(9)13-4/h9-10,13H,6-8H2,1-5H3. The minimum Gasteiger partial charge on any atom is -0.379 e. The zero-order valence-corrected chi connectivity index (χ0v) is 11.0. The zero-order chi connectivity index (χ0) is 12.3. The minimum absolute atomic E-state index is 0.0302. The number of ether oxygens (including phenoxy) is 1. The molecule has 1 heterocycles. The number of rotatable bonds is 3. The van der Waals surface area contributed by atoms with Crippen LogP contribution in [-0.4, -0.2) is 50.7 Å². The van der Waals surface area contributed by atoms with Crippen LogP contribution in [0.5, 0.6) is 0 Å². The Kier molecular flexibility index (Phi) is 4.33. The molecule has 1 saturated heterocycles. The van der Waals surface area contributed by atoms with Gasteiger partial charge in [0, 0.05) is 19.6 Å². The van der Waals surface area contributed by atoms with Gasteiger partial charge in [0.05, 0.1) is 19.1 Å². The van der Waals surface area contributed by atoms with E-state index < -0.39 is 0 Å². The van der Waals surface area contributed by atoms with Crippen LogP contribution in [0, 0.1) is 11.3 Å². The average Bonchev–Trinajstić information content (AvgIpc) is 2.61. The van der Waals surface area contributed by atoms with Crippen molar-refractivity contribution in [2.24, 2.45) is 11.3 Å². The lowest BCUT2D eigenvalue weighted by molar-refractivity contribution is -0.135. The number of carbonyl (C=O) groups excluding carboxylic acids is 1. The molecule has 0 aromatic heterocycles. The lowest BCUT2D eigenvalue weighted by atomic mass is 9.95. The third-order valence-corrected chi connectivity index (χ3v) is 2.86. The molecule has 1 fully saturated rings. The Bertz CT molecular complexity index is 248. The second-order valence-electron chi connectivity index (χ2n) is 5.79. The fraction of sp³-hybridized carbons (Fsp3) is 0.917. The fourth-order valence-corrected chi connectivity index (χ4v) is 2.15. The summed E-state index contributed by atoms with van der Waals surface area (Å²) in [6.45, 7) is 8.36. The van der Waals surface area contributed by atoms with Crippen molar-refractivity contribution in [1.29, 1.82) is 0 Å². The van der Waals surface area contributed by atoms with Crippen molar-refractivity contribution in [2.75, 3.05) is 33.9 Å². The molecule has 0 radical (unpaired) electrons. The number of carbonyl (C=O) groups is 1. The lowest BCUT2D eigenvalue weighted by Gasteiger charge is -2.29. The van der Waals surface area contributed by atoms with Gasteiger partial charge in [-0.3, -0.25) is 4.79 Å². The van der Waals surface area contributed by atoms with Crippen LogP contribution in [0.2, 0.25) is 0 Å². The monoisotopic (exact) mass is 228 g/mol. The Hall–Kier alpha value is -0.610. The molecule has 0 aromatic rings. The molecule has 0 aliphatic carbocycles. The molecular weight excluding hydrogens is 204 g/mol. The molecule has 4 heteroatoms. The van der Waals surface area contributed by atoms with Crippen molar-refractivity contribution in [2.45, 2.75) is 26.8 Å². The van der Waals surface area contributed by atoms with Gasteiger partial charge in [0.15, 0.2) is 0 Å². The van der Waals surface area contributed by atoms with Gasteiger partial charge < -0.3 is 15.0 Å². The van der Waals surface area contributed by atoms with Gasteiger partial charge in [-0.2, -0.15) is 0 Å². The Morgan fingerprint density at radius 3 is 2.56 bits per heavy atom. The zero-order valence-electron chi connectivity index (χ0n) is 11.0. The van der Waals surface area contributed by atoms with Crippen molar-refractivity contribution in [3.63, 3.8) is 0 Å². The molecule has 0 spiro atoms. The Balaban J connectivity index is 2.56. The van der Waals surface area contributed by atoms with Crippen LogP contribution in [0.3, 0.4) is 0 Å². The number of amides is 1. The van der Waals surface area contributed by atoms with Crippen LogP contribution >= 0.6 is 0 Å². The number of likely N-dealkylation sites (N-methyl/N-ethyl adjacent to an activating group) is 1. The molecule has 4 nitrogen and oxygen atoms in total. The highest BCUT2D eigenvalue weighted by molar-refractivity contribution is 5.79. The van der Waals surface area contributed by atoms with Crippen molar-refractivity contribution in [1.82, 2.24) is 10.2 Å². The minimum atomic E-state index is -0.0302. The number of nitrogens with one attached hydrogen (secondary N) is 1. The van der Waals surface area contributed by atoms with Crippen LogP contribution in [-0.2, 0) is 9.53 Å². The summed E-state index contributed by atoms with van der Waals surface area (Å²) in [7, 11) is 3.75. The second kappa shape index (κ2) is 5.15. The van der Waals surface area contributed by atoms with Crippen molar-refractivity contribution < 1.29 is 9.53 Å². The SMILES string of the molecule is CNC1COCC1C(=O)N(C)CC(C)(C)C. The summed E-state index contributed by atoms with van der Waals surface area (Å²) in [6.07, 6.45) is 0.